The average Bonchev–Trinajstić information content (AvgIpc) is 2.76. The number of methoxy groups -OCH3 is 1. The summed E-state index contributed by atoms with van der Waals surface area (Å²) in [5, 5.41) is 7.75. The molecule has 3 nitrogen and oxygen atoms in total. The highest BCUT2D eigenvalue weighted by atomic mass is 32.1. The summed E-state index contributed by atoms with van der Waals surface area (Å²) in [6.07, 6.45) is 1.09. The van der Waals surface area contributed by atoms with Crippen LogP contribution in [0.25, 0.3) is 0 Å². The molecule has 1 aromatic heterocycles. The maximum atomic E-state index is 4.99. The van der Waals surface area contributed by atoms with E-state index in [1.54, 1.807) is 18.4 Å². The predicted octanol–water partition coefficient (Wildman–Crippen LogP) is 1.81. The Labute approximate surface area is 102 Å². The number of ether oxygens (including phenoxy) is 1. The van der Waals surface area contributed by atoms with Gasteiger partial charge >= 0.3 is 0 Å². The van der Waals surface area contributed by atoms with Crippen LogP contribution < -0.4 is 5.32 Å². The van der Waals surface area contributed by atoms with Gasteiger partial charge in [-0.25, -0.2) is 0 Å². The van der Waals surface area contributed by atoms with Crippen molar-refractivity contribution in [3.05, 3.63) is 22.4 Å². The third kappa shape index (κ3) is 6.23. The monoisotopic (exact) mass is 242 g/mol. The molecule has 0 saturated heterocycles. The van der Waals surface area contributed by atoms with Crippen molar-refractivity contribution in [1.29, 1.82) is 0 Å². The van der Waals surface area contributed by atoms with Crippen molar-refractivity contribution in [1.82, 2.24) is 10.2 Å². The number of hydrogen-bond acceptors (Lipinski definition) is 4. The molecule has 1 N–H and O–H groups in total. The van der Waals surface area contributed by atoms with Crippen LogP contribution in [0.15, 0.2) is 16.8 Å². The van der Waals surface area contributed by atoms with Crippen molar-refractivity contribution < 1.29 is 4.74 Å². The molecule has 0 aliphatic heterocycles. The van der Waals surface area contributed by atoms with Gasteiger partial charge in [0.2, 0.25) is 0 Å². The lowest BCUT2D eigenvalue weighted by Gasteiger charge is -2.16. The first-order chi connectivity index (χ1) is 7.83. The Morgan fingerprint density at radius 3 is 3.00 bits per heavy atom. The molecule has 1 rings (SSSR count). The number of nitrogens with one attached hydrogen (secondary N) is 1. The molecule has 0 bridgehead atoms. The lowest BCUT2D eigenvalue weighted by atomic mass is 10.3. The maximum Gasteiger partial charge on any atom is 0.0474 e. The third-order valence-corrected chi connectivity index (χ3v) is 3.14. The summed E-state index contributed by atoms with van der Waals surface area (Å²) in [5.41, 5.74) is 1.41. The number of thiophene rings is 1. The van der Waals surface area contributed by atoms with Crippen molar-refractivity contribution in [3.8, 4) is 0 Å². The smallest absolute Gasteiger partial charge is 0.0474 e. The maximum absolute atomic E-state index is 4.99. The molecule has 0 atom stereocenters. The predicted molar refractivity (Wildman–Crippen MR) is 70.0 cm³/mol. The molecule has 0 saturated carbocycles. The van der Waals surface area contributed by atoms with Crippen LogP contribution in [0.1, 0.15) is 12.0 Å². The standard InChI is InChI=1S/C12H22N2OS/c1-14(10-12-4-9-16-11-12)7-6-13-5-3-8-15-2/h4,9,11,13H,3,5-8,10H2,1-2H3. The molecule has 0 aromatic carbocycles. The summed E-state index contributed by atoms with van der Waals surface area (Å²) in [5.74, 6) is 0. The Morgan fingerprint density at radius 1 is 1.44 bits per heavy atom. The second kappa shape index (κ2) is 8.70. The quantitative estimate of drug-likeness (QED) is 0.668. The van der Waals surface area contributed by atoms with Crippen LogP contribution in [0.3, 0.4) is 0 Å². The van der Waals surface area contributed by atoms with Crippen molar-refractivity contribution in [3.63, 3.8) is 0 Å². The molecule has 16 heavy (non-hydrogen) atoms. The second-order valence-corrected chi connectivity index (χ2v) is 4.75. The molecular weight excluding hydrogens is 220 g/mol. The van der Waals surface area contributed by atoms with Crippen LogP contribution in [0.2, 0.25) is 0 Å². The molecule has 4 heteroatoms. The SMILES string of the molecule is COCCCNCCN(C)Cc1ccsc1. The Balaban J connectivity index is 1.96. The summed E-state index contributed by atoms with van der Waals surface area (Å²) in [7, 11) is 3.91. The van der Waals surface area contributed by atoms with Gasteiger partial charge in [-0.15, -0.1) is 0 Å². The minimum Gasteiger partial charge on any atom is -0.385 e. The minimum absolute atomic E-state index is 0.845. The van der Waals surface area contributed by atoms with Gasteiger partial charge in [0.05, 0.1) is 0 Å². The van der Waals surface area contributed by atoms with Crippen molar-refractivity contribution >= 4 is 11.3 Å². The molecular formula is C12H22N2OS. The van der Waals surface area contributed by atoms with Gasteiger partial charge < -0.3 is 15.0 Å². The van der Waals surface area contributed by atoms with E-state index in [-0.39, 0.29) is 0 Å². The van der Waals surface area contributed by atoms with E-state index >= 15 is 0 Å². The fourth-order valence-corrected chi connectivity index (χ4v) is 2.17. The molecule has 0 unspecified atom stereocenters. The van der Waals surface area contributed by atoms with E-state index in [4.69, 9.17) is 4.74 Å². The Hall–Kier alpha value is -0.420. The van der Waals surface area contributed by atoms with Crippen LogP contribution in [-0.4, -0.2) is 45.3 Å². The molecule has 0 aliphatic rings. The summed E-state index contributed by atoms with van der Waals surface area (Å²) < 4.78 is 4.99. The summed E-state index contributed by atoms with van der Waals surface area (Å²) in [4.78, 5) is 2.34. The van der Waals surface area contributed by atoms with Gasteiger partial charge in [0.1, 0.15) is 0 Å². The van der Waals surface area contributed by atoms with Crippen molar-refractivity contribution in [2.45, 2.75) is 13.0 Å². The van der Waals surface area contributed by atoms with Gasteiger partial charge in [-0.1, -0.05) is 0 Å². The Kier molecular flexibility index (Phi) is 7.42. The molecule has 0 amide bonds. The molecule has 0 aliphatic carbocycles. The van der Waals surface area contributed by atoms with Crippen LogP contribution in [0.5, 0.6) is 0 Å². The van der Waals surface area contributed by atoms with Crippen molar-refractivity contribution in [2.24, 2.45) is 0 Å². The number of likely N-dealkylation sites (N-methyl/N-ethyl adjacent to an activating group) is 1. The van der Waals surface area contributed by atoms with E-state index < -0.39 is 0 Å². The highest BCUT2D eigenvalue weighted by Crippen LogP contribution is 2.07. The molecule has 1 heterocycles. The van der Waals surface area contributed by atoms with Gasteiger partial charge in [0.25, 0.3) is 0 Å². The first-order valence-corrected chi connectivity index (χ1v) is 6.66. The van der Waals surface area contributed by atoms with Crippen LogP contribution in [-0.2, 0) is 11.3 Å². The minimum atomic E-state index is 0.845. The zero-order chi connectivity index (χ0) is 11.6. The summed E-state index contributed by atoms with van der Waals surface area (Å²) >= 11 is 1.76. The lowest BCUT2D eigenvalue weighted by molar-refractivity contribution is 0.194. The zero-order valence-corrected chi connectivity index (χ0v) is 11.1. The lowest BCUT2D eigenvalue weighted by Crippen LogP contribution is -2.29. The van der Waals surface area contributed by atoms with E-state index in [1.165, 1.54) is 5.56 Å². The number of rotatable bonds is 9. The Morgan fingerprint density at radius 2 is 2.31 bits per heavy atom. The topological polar surface area (TPSA) is 24.5 Å². The van der Waals surface area contributed by atoms with Gasteiger partial charge in [0, 0.05) is 33.4 Å². The average molecular weight is 242 g/mol. The van der Waals surface area contributed by atoms with E-state index in [2.05, 4.69) is 34.1 Å². The van der Waals surface area contributed by atoms with E-state index in [0.717, 1.165) is 39.2 Å². The third-order valence-electron chi connectivity index (χ3n) is 2.40. The highest BCUT2D eigenvalue weighted by Gasteiger charge is 1.99. The molecule has 1 aromatic rings. The second-order valence-electron chi connectivity index (χ2n) is 3.97. The molecule has 92 valence electrons. The number of nitrogens with zero attached hydrogens (tertiary/aromatic N) is 1. The van der Waals surface area contributed by atoms with E-state index in [9.17, 15) is 0 Å². The van der Waals surface area contributed by atoms with Crippen LogP contribution in [0.4, 0.5) is 0 Å². The van der Waals surface area contributed by atoms with Crippen LogP contribution in [0, 0.1) is 0 Å². The first kappa shape index (κ1) is 13.6. The fraction of sp³-hybridized carbons (Fsp3) is 0.667. The summed E-state index contributed by atoms with van der Waals surface area (Å²) in [6.45, 7) is 5.06. The van der Waals surface area contributed by atoms with Gasteiger partial charge in [-0.05, 0) is 42.4 Å². The normalized spacial score (nSPS) is 11.2. The number of hydrogen-bond donors (Lipinski definition) is 1. The van der Waals surface area contributed by atoms with Gasteiger partial charge in [0.15, 0.2) is 0 Å². The Bertz CT molecular complexity index is 252. The summed E-state index contributed by atoms with van der Waals surface area (Å²) in [6, 6.07) is 2.19. The fourth-order valence-electron chi connectivity index (χ4n) is 1.51. The van der Waals surface area contributed by atoms with E-state index in [1.807, 2.05) is 0 Å². The first-order valence-electron chi connectivity index (χ1n) is 5.72. The van der Waals surface area contributed by atoms with Gasteiger partial charge in [-0.3, -0.25) is 0 Å². The molecule has 0 fully saturated rings. The van der Waals surface area contributed by atoms with E-state index in [0.29, 0.717) is 0 Å². The largest absolute Gasteiger partial charge is 0.385 e. The molecule has 0 spiro atoms. The van der Waals surface area contributed by atoms with Crippen LogP contribution >= 0.6 is 11.3 Å². The highest BCUT2D eigenvalue weighted by molar-refractivity contribution is 7.07. The molecule has 0 radical (unpaired) electrons. The zero-order valence-electron chi connectivity index (χ0n) is 10.2. The van der Waals surface area contributed by atoms with Crippen molar-refractivity contribution in [2.75, 3.05) is 40.4 Å². The van der Waals surface area contributed by atoms with Gasteiger partial charge in [-0.2, -0.15) is 11.3 Å².